The van der Waals surface area contributed by atoms with Crippen LogP contribution in [-0.4, -0.2) is 110 Å². The highest BCUT2D eigenvalue weighted by molar-refractivity contribution is 5.97. The fourth-order valence-corrected chi connectivity index (χ4v) is 5.54. The Balaban J connectivity index is 1.26. The van der Waals surface area contributed by atoms with Gasteiger partial charge in [0.15, 0.2) is 0 Å². The fourth-order valence-electron chi connectivity index (χ4n) is 5.54. The van der Waals surface area contributed by atoms with E-state index in [9.17, 15) is 4.79 Å². The number of hydrogen-bond acceptors (Lipinski definition) is 7. The predicted octanol–water partition coefficient (Wildman–Crippen LogP) is 3.27. The Bertz CT molecular complexity index is 1270. The van der Waals surface area contributed by atoms with Gasteiger partial charge in [-0.2, -0.15) is 0 Å². The van der Waals surface area contributed by atoms with Gasteiger partial charge in [0.1, 0.15) is 12.4 Å². The molecule has 9 heteroatoms. The molecule has 208 valence electrons. The number of rotatable bonds is 10. The van der Waals surface area contributed by atoms with E-state index in [0.29, 0.717) is 31.0 Å². The zero-order valence-electron chi connectivity index (χ0n) is 23.0. The van der Waals surface area contributed by atoms with Gasteiger partial charge in [-0.3, -0.25) is 14.6 Å². The summed E-state index contributed by atoms with van der Waals surface area (Å²) < 4.78 is 10.9. The number of piperazine rings is 1. The molecule has 1 N–H and O–H groups in total. The van der Waals surface area contributed by atoms with E-state index < -0.39 is 0 Å². The molecular weight excluding hydrogens is 494 g/mol. The Labute approximate surface area is 230 Å². The molecule has 2 aliphatic heterocycles. The smallest absolute Gasteiger partial charge is 0.257 e. The number of hydrogen-bond donors (Lipinski definition) is 1. The van der Waals surface area contributed by atoms with Crippen molar-refractivity contribution in [1.29, 1.82) is 0 Å². The number of amides is 1. The van der Waals surface area contributed by atoms with Crippen LogP contribution in [0.25, 0.3) is 10.9 Å². The minimum absolute atomic E-state index is 0.00501. The van der Waals surface area contributed by atoms with Crippen LogP contribution in [0.1, 0.15) is 22.8 Å². The number of carbonyl (C=O) groups excluding carboxylic acids is 1. The zero-order valence-corrected chi connectivity index (χ0v) is 23.0. The molecule has 0 bridgehead atoms. The minimum Gasteiger partial charge on any atom is -0.496 e. The van der Waals surface area contributed by atoms with Gasteiger partial charge in [-0.15, -0.1) is 0 Å². The third kappa shape index (κ3) is 6.79. The highest BCUT2D eigenvalue weighted by Crippen LogP contribution is 2.26. The summed E-state index contributed by atoms with van der Waals surface area (Å²) >= 11 is 0. The number of nitrogens with one attached hydrogen (secondary N) is 1. The molecule has 5 rings (SSSR count). The van der Waals surface area contributed by atoms with Crippen molar-refractivity contribution in [2.75, 3.05) is 72.7 Å². The molecule has 3 heterocycles. The molecule has 0 unspecified atom stereocenters. The summed E-state index contributed by atoms with van der Waals surface area (Å²) in [6, 6.07) is 15.8. The van der Waals surface area contributed by atoms with Crippen LogP contribution in [0, 0.1) is 0 Å². The standard InChI is InChI=1S/C30H39N5O4/c1-23(32-39-18-15-33-13-16-38-17-14-33)21-34-11-12-35(30(36)27-8-4-6-10-29(27)37-2)25(22-34)19-24-20-31-28-9-5-3-7-26(24)28/h3-10,20,25,31H,11-19,21-22H2,1-2H3/t25-/m1/s1. The number of benzene rings is 2. The molecule has 3 aromatic rings. The SMILES string of the molecule is COc1ccccc1C(=O)N1CCN(CC(C)=NOCCN2CCOCC2)C[C@H]1Cc1c[nH]c2ccccc12. The summed E-state index contributed by atoms with van der Waals surface area (Å²) in [5, 5.41) is 5.58. The summed E-state index contributed by atoms with van der Waals surface area (Å²) in [5.41, 5.74) is 3.86. The summed E-state index contributed by atoms with van der Waals surface area (Å²) in [5.74, 6) is 0.613. The van der Waals surface area contributed by atoms with Crippen LogP contribution in [0.4, 0.5) is 0 Å². The van der Waals surface area contributed by atoms with Crippen molar-refractivity contribution in [1.82, 2.24) is 19.7 Å². The van der Waals surface area contributed by atoms with Crippen LogP contribution in [0.5, 0.6) is 5.75 Å². The number of nitrogens with zero attached hydrogens (tertiary/aromatic N) is 4. The lowest BCUT2D eigenvalue weighted by atomic mass is 10.00. The van der Waals surface area contributed by atoms with Crippen molar-refractivity contribution in [3.05, 3.63) is 65.9 Å². The number of oxime groups is 1. The minimum atomic E-state index is 0.00501. The Hall–Kier alpha value is -3.40. The van der Waals surface area contributed by atoms with Gasteiger partial charge in [0.2, 0.25) is 0 Å². The molecule has 1 aromatic heterocycles. The summed E-state index contributed by atoms with van der Waals surface area (Å²) in [6.07, 6.45) is 2.83. The Morgan fingerprint density at radius 1 is 1.05 bits per heavy atom. The van der Waals surface area contributed by atoms with Gasteiger partial charge < -0.3 is 24.2 Å². The van der Waals surface area contributed by atoms with Crippen LogP contribution >= 0.6 is 0 Å². The van der Waals surface area contributed by atoms with Crippen LogP contribution < -0.4 is 4.74 Å². The molecule has 2 aromatic carbocycles. The van der Waals surface area contributed by atoms with Crippen LogP contribution in [0.2, 0.25) is 0 Å². The molecule has 0 aliphatic carbocycles. The predicted molar refractivity (Wildman–Crippen MR) is 153 cm³/mol. The number of morpholine rings is 1. The van der Waals surface area contributed by atoms with E-state index >= 15 is 0 Å². The number of carbonyl (C=O) groups is 1. The Kier molecular flexibility index (Phi) is 9.13. The second-order valence-corrected chi connectivity index (χ2v) is 10.3. The van der Waals surface area contributed by atoms with E-state index in [1.165, 1.54) is 10.9 Å². The fraction of sp³-hybridized carbons (Fsp3) is 0.467. The van der Waals surface area contributed by atoms with Crippen molar-refractivity contribution in [3.8, 4) is 5.75 Å². The lowest BCUT2D eigenvalue weighted by Gasteiger charge is -2.41. The van der Waals surface area contributed by atoms with Gasteiger partial charge >= 0.3 is 0 Å². The van der Waals surface area contributed by atoms with Crippen LogP contribution in [0.3, 0.4) is 0 Å². The van der Waals surface area contributed by atoms with Gasteiger partial charge in [0.25, 0.3) is 5.91 Å². The number of para-hydroxylation sites is 2. The van der Waals surface area contributed by atoms with Gasteiger partial charge in [0, 0.05) is 69.0 Å². The molecule has 9 nitrogen and oxygen atoms in total. The zero-order chi connectivity index (χ0) is 27.0. The maximum Gasteiger partial charge on any atom is 0.257 e. The maximum absolute atomic E-state index is 13.8. The molecule has 1 atom stereocenters. The first-order valence-electron chi connectivity index (χ1n) is 13.8. The first-order chi connectivity index (χ1) is 19.1. The topological polar surface area (TPSA) is 82.6 Å². The molecule has 1 amide bonds. The molecule has 2 saturated heterocycles. The van der Waals surface area contributed by atoms with Crippen molar-refractivity contribution in [2.24, 2.45) is 5.16 Å². The van der Waals surface area contributed by atoms with Crippen molar-refractivity contribution in [3.63, 3.8) is 0 Å². The summed E-state index contributed by atoms with van der Waals surface area (Å²) in [7, 11) is 1.61. The normalized spacial score (nSPS) is 19.4. The molecule has 0 spiro atoms. The lowest BCUT2D eigenvalue weighted by molar-refractivity contribution is 0.0209. The van der Waals surface area contributed by atoms with E-state index in [1.54, 1.807) is 7.11 Å². The maximum atomic E-state index is 13.8. The number of H-pyrrole nitrogens is 1. The van der Waals surface area contributed by atoms with Crippen molar-refractivity contribution < 1.29 is 19.1 Å². The molecule has 39 heavy (non-hydrogen) atoms. The average Bonchev–Trinajstić information content (AvgIpc) is 3.38. The third-order valence-electron chi connectivity index (χ3n) is 7.57. The van der Waals surface area contributed by atoms with E-state index in [2.05, 4.69) is 44.3 Å². The molecule has 2 fully saturated rings. The van der Waals surface area contributed by atoms with Gasteiger partial charge in [-0.25, -0.2) is 0 Å². The number of methoxy groups -OCH3 is 1. The average molecular weight is 534 g/mol. The van der Waals surface area contributed by atoms with E-state index in [0.717, 1.165) is 63.6 Å². The van der Waals surface area contributed by atoms with E-state index in [-0.39, 0.29) is 11.9 Å². The molecular formula is C30H39N5O4. The number of aromatic nitrogens is 1. The highest BCUT2D eigenvalue weighted by atomic mass is 16.6. The quantitative estimate of drug-likeness (QED) is 0.245. The lowest BCUT2D eigenvalue weighted by Crippen LogP contribution is -2.56. The second kappa shape index (κ2) is 13.1. The van der Waals surface area contributed by atoms with Gasteiger partial charge in [-0.05, 0) is 37.1 Å². The largest absolute Gasteiger partial charge is 0.496 e. The molecule has 0 saturated carbocycles. The van der Waals surface area contributed by atoms with Crippen molar-refractivity contribution in [2.45, 2.75) is 19.4 Å². The number of fused-ring (bicyclic) bond motifs is 1. The Morgan fingerprint density at radius 3 is 2.69 bits per heavy atom. The first-order valence-corrected chi connectivity index (χ1v) is 13.8. The van der Waals surface area contributed by atoms with E-state index in [4.69, 9.17) is 14.3 Å². The van der Waals surface area contributed by atoms with Crippen LogP contribution in [0.15, 0.2) is 59.9 Å². The highest BCUT2D eigenvalue weighted by Gasteiger charge is 2.33. The Morgan fingerprint density at radius 2 is 1.85 bits per heavy atom. The third-order valence-corrected chi connectivity index (χ3v) is 7.57. The van der Waals surface area contributed by atoms with Crippen molar-refractivity contribution >= 4 is 22.5 Å². The molecule has 2 aliphatic rings. The number of ether oxygens (including phenoxy) is 2. The van der Waals surface area contributed by atoms with E-state index in [1.807, 2.05) is 42.2 Å². The summed E-state index contributed by atoms with van der Waals surface area (Å²) in [6.45, 7) is 9.76. The first kappa shape index (κ1) is 27.2. The van der Waals surface area contributed by atoms with Gasteiger partial charge in [0.05, 0.1) is 31.6 Å². The number of aromatic amines is 1. The molecule has 0 radical (unpaired) electrons. The van der Waals surface area contributed by atoms with Gasteiger partial charge in [-0.1, -0.05) is 35.5 Å². The second-order valence-electron chi connectivity index (χ2n) is 10.3. The van der Waals surface area contributed by atoms with Crippen LogP contribution in [-0.2, 0) is 16.0 Å². The monoisotopic (exact) mass is 533 g/mol. The summed E-state index contributed by atoms with van der Waals surface area (Å²) in [4.78, 5) is 29.5.